The molecule has 9 heteroatoms. The van der Waals surface area contributed by atoms with Crippen LogP contribution >= 0.6 is 11.6 Å². The van der Waals surface area contributed by atoms with E-state index in [0.29, 0.717) is 29.5 Å². The van der Waals surface area contributed by atoms with Gasteiger partial charge in [-0.1, -0.05) is 16.8 Å². The summed E-state index contributed by atoms with van der Waals surface area (Å²) in [7, 11) is 0. The molecule has 2 aromatic heterocycles. The fourth-order valence-electron chi connectivity index (χ4n) is 2.90. The van der Waals surface area contributed by atoms with Crippen molar-refractivity contribution < 1.29 is 14.0 Å². The third-order valence-electron chi connectivity index (χ3n) is 4.38. The van der Waals surface area contributed by atoms with Crippen LogP contribution in [0.4, 0.5) is 0 Å². The van der Waals surface area contributed by atoms with E-state index in [2.05, 4.69) is 10.3 Å². The van der Waals surface area contributed by atoms with Gasteiger partial charge >= 0.3 is 0 Å². The largest absolute Gasteiger partial charge is 0.451 e. The summed E-state index contributed by atoms with van der Waals surface area (Å²) < 4.78 is 7.25. The van der Waals surface area contributed by atoms with Crippen molar-refractivity contribution in [3.8, 4) is 0 Å². The van der Waals surface area contributed by atoms with Gasteiger partial charge < -0.3 is 15.1 Å². The number of carbonyl (C=O) groups excluding carboxylic acids is 2. The van der Waals surface area contributed by atoms with E-state index < -0.39 is 5.91 Å². The quantitative estimate of drug-likeness (QED) is 0.767. The molecule has 1 saturated heterocycles. The summed E-state index contributed by atoms with van der Waals surface area (Å²) >= 11 is 6.01. The van der Waals surface area contributed by atoms with Crippen LogP contribution in [0, 0.1) is 6.92 Å². The number of nitrogens with two attached hydrogens (primary N) is 1. The number of amides is 2. The van der Waals surface area contributed by atoms with Gasteiger partial charge in [0.25, 0.3) is 11.8 Å². The van der Waals surface area contributed by atoms with Gasteiger partial charge in [-0.25, -0.2) is 4.68 Å². The normalized spacial score (nSPS) is 14.7. The van der Waals surface area contributed by atoms with Crippen LogP contribution in [0.5, 0.6) is 0 Å². The summed E-state index contributed by atoms with van der Waals surface area (Å²) in [4.78, 5) is 25.4. The van der Waals surface area contributed by atoms with Crippen LogP contribution in [0.1, 0.15) is 32.6 Å². The predicted octanol–water partition coefficient (Wildman–Crippen LogP) is 1.78. The molecule has 3 aromatic rings. The predicted molar refractivity (Wildman–Crippen MR) is 89.4 cm³/mol. The molecule has 0 saturated carbocycles. The molecule has 25 heavy (non-hydrogen) atoms. The lowest BCUT2D eigenvalue weighted by molar-refractivity contribution is 0.0468. The fourth-order valence-corrected chi connectivity index (χ4v) is 3.07. The number of nitrogens with zero attached hydrogens (tertiary/aromatic N) is 4. The Morgan fingerprint density at radius 2 is 2.12 bits per heavy atom. The van der Waals surface area contributed by atoms with E-state index in [-0.39, 0.29) is 17.6 Å². The maximum Gasteiger partial charge on any atom is 0.290 e. The van der Waals surface area contributed by atoms with Crippen LogP contribution in [-0.4, -0.2) is 44.8 Å². The number of likely N-dealkylation sites (tertiary alicyclic amines) is 1. The van der Waals surface area contributed by atoms with Crippen molar-refractivity contribution in [1.82, 2.24) is 19.9 Å². The van der Waals surface area contributed by atoms with E-state index in [9.17, 15) is 9.59 Å². The summed E-state index contributed by atoms with van der Waals surface area (Å²) in [5.41, 5.74) is 6.66. The van der Waals surface area contributed by atoms with E-state index in [1.165, 1.54) is 6.20 Å². The number of halogens is 1. The van der Waals surface area contributed by atoms with Crippen molar-refractivity contribution in [2.75, 3.05) is 13.1 Å². The van der Waals surface area contributed by atoms with Crippen molar-refractivity contribution in [2.24, 2.45) is 5.73 Å². The third kappa shape index (κ3) is 2.54. The highest BCUT2D eigenvalue weighted by Crippen LogP contribution is 2.30. The van der Waals surface area contributed by atoms with Crippen molar-refractivity contribution in [3.05, 3.63) is 46.4 Å². The summed E-state index contributed by atoms with van der Waals surface area (Å²) in [6.45, 7) is 2.75. The van der Waals surface area contributed by atoms with Gasteiger partial charge in [0.05, 0.1) is 12.2 Å². The van der Waals surface area contributed by atoms with E-state index in [1.54, 1.807) is 27.8 Å². The highest BCUT2D eigenvalue weighted by molar-refractivity contribution is 6.31. The van der Waals surface area contributed by atoms with E-state index in [4.69, 9.17) is 21.8 Å². The van der Waals surface area contributed by atoms with Crippen LogP contribution in [0.3, 0.4) is 0 Å². The molecule has 0 unspecified atom stereocenters. The van der Waals surface area contributed by atoms with Gasteiger partial charge in [-0.15, -0.1) is 5.10 Å². The summed E-state index contributed by atoms with van der Waals surface area (Å²) in [6.07, 6.45) is 1.49. The Morgan fingerprint density at radius 1 is 1.36 bits per heavy atom. The van der Waals surface area contributed by atoms with Gasteiger partial charge in [0.2, 0.25) is 0 Å². The number of hydrogen-bond acceptors (Lipinski definition) is 5. The van der Waals surface area contributed by atoms with Crippen molar-refractivity contribution in [1.29, 1.82) is 0 Å². The Morgan fingerprint density at radius 3 is 2.80 bits per heavy atom. The van der Waals surface area contributed by atoms with Gasteiger partial charge in [-0.3, -0.25) is 9.59 Å². The lowest BCUT2D eigenvalue weighted by atomic mass is 10.1. The minimum atomic E-state index is -0.630. The van der Waals surface area contributed by atoms with E-state index in [0.717, 1.165) is 10.9 Å². The standard InChI is InChI=1S/C16H14ClN5O3/c1-8-11-4-9(17)2-3-13(11)25-14(8)16(24)21-5-10(6-21)22-7-12(15(18)23)19-20-22/h2-4,7,10H,5-6H2,1H3,(H2,18,23). The number of benzene rings is 1. The average molecular weight is 360 g/mol. The number of aromatic nitrogens is 3. The molecule has 1 aliphatic rings. The molecule has 8 nitrogen and oxygen atoms in total. The molecular formula is C16H14ClN5O3. The van der Waals surface area contributed by atoms with Gasteiger partial charge in [-0.05, 0) is 25.1 Å². The van der Waals surface area contributed by atoms with Crippen LogP contribution in [-0.2, 0) is 0 Å². The van der Waals surface area contributed by atoms with Crippen LogP contribution in [0.25, 0.3) is 11.0 Å². The minimum Gasteiger partial charge on any atom is -0.451 e. The molecule has 2 N–H and O–H groups in total. The zero-order valence-electron chi connectivity index (χ0n) is 13.3. The van der Waals surface area contributed by atoms with Crippen LogP contribution in [0.2, 0.25) is 5.02 Å². The van der Waals surface area contributed by atoms with Crippen molar-refractivity contribution in [3.63, 3.8) is 0 Å². The summed E-state index contributed by atoms with van der Waals surface area (Å²) in [5.74, 6) is -0.501. The lowest BCUT2D eigenvalue weighted by Gasteiger charge is -2.38. The van der Waals surface area contributed by atoms with Crippen LogP contribution in [0.15, 0.2) is 28.8 Å². The SMILES string of the molecule is Cc1c(C(=O)N2CC(n3cc(C(N)=O)nn3)C2)oc2ccc(Cl)cc12. The second-order valence-electron chi connectivity index (χ2n) is 6.01. The molecule has 0 aliphatic carbocycles. The molecule has 0 spiro atoms. The second-order valence-corrected chi connectivity index (χ2v) is 6.45. The molecule has 0 atom stereocenters. The van der Waals surface area contributed by atoms with Crippen molar-refractivity contribution >= 4 is 34.4 Å². The first kappa shape index (κ1) is 15.6. The number of carbonyl (C=O) groups is 2. The lowest BCUT2D eigenvalue weighted by Crippen LogP contribution is -2.51. The number of primary amides is 1. The Balaban J connectivity index is 1.51. The molecule has 128 valence electrons. The Kier molecular flexibility index (Phi) is 3.50. The highest BCUT2D eigenvalue weighted by atomic mass is 35.5. The first-order chi connectivity index (χ1) is 11.9. The smallest absolute Gasteiger partial charge is 0.290 e. The number of fused-ring (bicyclic) bond motifs is 1. The molecule has 1 aliphatic heterocycles. The van der Waals surface area contributed by atoms with Gasteiger partial charge in [-0.2, -0.15) is 0 Å². The zero-order valence-corrected chi connectivity index (χ0v) is 14.0. The molecular weight excluding hydrogens is 346 g/mol. The maximum atomic E-state index is 12.7. The van der Waals surface area contributed by atoms with Gasteiger partial charge in [0, 0.05) is 29.1 Å². The molecule has 0 bridgehead atoms. The van der Waals surface area contributed by atoms with E-state index >= 15 is 0 Å². The van der Waals surface area contributed by atoms with Gasteiger partial charge in [0.15, 0.2) is 11.5 Å². The summed E-state index contributed by atoms with van der Waals surface area (Å²) in [6, 6.07) is 5.22. The Bertz CT molecular complexity index is 1000. The number of hydrogen-bond donors (Lipinski definition) is 1. The highest BCUT2D eigenvalue weighted by Gasteiger charge is 2.35. The maximum absolute atomic E-state index is 12.7. The Labute approximate surface area is 147 Å². The minimum absolute atomic E-state index is 0.0383. The van der Waals surface area contributed by atoms with Crippen LogP contribution < -0.4 is 5.73 Å². The molecule has 1 fully saturated rings. The first-order valence-electron chi connectivity index (χ1n) is 7.63. The van der Waals surface area contributed by atoms with Crippen molar-refractivity contribution in [2.45, 2.75) is 13.0 Å². The fraction of sp³-hybridized carbons (Fsp3) is 0.250. The molecule has 2 amide bonds. The molecule has 0 radical (unpaired) electrons. The average Bonchev–Trinajstić information content (AvgIpc) is 3.12. The monoisotopic (exact) mass is 359 g/mol. The van der Waals surface area contributed by atoms with E-state index in [1.807, 2.05) is 6.92 Å². The Hall–Kier alpha value is -2.87. The number of rotatable bonds is 3. The first-order valence-corrected chi connectivity index (χ1v) is 8.01. The summed E-state index contributed by atoms with van der Waals surface area (Å²) in [5, 5.41) is 9.00. The third-order valence-corrected chi connectivity index (χ3v) is 4.61. The molecule has 1 aromatic carbocycles. The topological polar surface area (TPSA) is 107 Å². The zero-order chi connectivity index (χ0) is 17.7. The second kappa shape index (κ2) is 5.59. The molecule has 4 rings (SSSR count). The number of furan rings is 1. The molecule has 3 heterocycles. The van der Waals surface area contributed by atoms with Gasteiger partial charge in [0.1, 0.15) is 5.58 Å². The number of aryl methyl sites for hydroxylation is 1.